The van der Waals surface area contributed by atoms with Gasteiger partial charge in [-0.1, -0.05) is 6.92 Å². The van der Waals surface area contributed by atoms with E-state index < -0.39 is 0 Å². The van der Waals surface area contributed by atoms with Crippen LogP contribution in [0.4, 0.5) is 11.5 Å². The molecular weight excluding hydrogens is 202 g/mol. The van der Waals surface area contributed by atoms with Gasteiger partial charge in [-0.3, -0.25) is 0 Å². The third kappa shape index (κ3) is 1.85. The summed E-state index contributed by atoms with van der Waals surface area (Å²) in [6.07, 6.45) is 1.08. The molecule has 1 aromatic heterocycles. The maximum Gasteiger partial charge on any atom is 0.152 e. The maximum absolute atomic E-state index is 9.42. The number of aromatic nitrogens is 1. The van der Waals surface area contributed by atoms with Crippen molar-refractivity contribution in [1.82, 2.24) is 4.98 Å². The molecule has 4 nitrogen and oxygen atoms in total. The first kappa shape index (κ1) is 11.2. The fraction of sp³-hybridized carbons (Fsp3) is 0.583. The molecule has 0 aliphatic carbocycles. The zero-order valence-electron chi connectivity index (χ0n) is 9.85. The topological polar surface area (TPSA) is 62.4 Å². The van der Waals surface area contributed by atoms with Gasteiger partial charge in [0, 0.05) is 12.2 Å². The lowest BCUT2D eigenvalue weighted by atomic mass is 10.0. The second-order valence-corrected chi connectivity index (χ2v) is 4.57. The highest BCUT2D eigenvalue weighted by atomic mass is 16.3. The van der Waals surface area contributed by atoms with Crippen LogP contribution in [0.5, 0.6) is 0 Å². The Morgan fingerprint density at radius 3 is 3.00 bits per heavy atom. The van der Waals surface area contributed by atoms with Crippen LogP contribution in [0.3, 0.4) is 0 Å². The van der Waals surface area contributed by atoms with Crippen LogP contribution in [0.15, 0.2) is 12.1 Å². The van der Waals surface area contributed by atoms with E-state index >= 15 is 0 Å². The quantitative estimate of drug-likeness (QED) is 0.787. The van der Waals surface area contributed by atoms with Crippen LogP contribution in [-0.4, -0.2) is 29.3 Å². The van der Waals surface area contributed by atoms with Crippen LogP contribution >= 0.6 is 0 Å². The number of hydrogen-bond acceptors (Lipinski definition) is 4. The molecule has 2 rings (SSSR count). The molecule has 0 spiro atoms. The lowest BCUT2D eigenvalue weighted by Crippen LogP contribution is -2.36. The normalized spacial score (nSPS) is 25.1. The summed E-state index contributed by atoms with van der Waals surface area (Å²) in [5, 5.41) is 9.42. The number of anilines is 2. The Balaban J connectivity index is 2.33. The number of aliphatic hydroxyl groups is 1. The second kappa shape index (κ2) is 4.29. The Morgan fingerprint density at radius 1 is 1.56 bits per heavy atom. The minimum atomic E-state index is 0.150. The number of nitrogens with zero attached hydrogens (tertiary/aromatic N) is 2. The lowest BCUT2D eigenvalue weighted by Gasteiger charge is -2.27. The highest BCUT2D eigenvalue weighted by Gasteiger charge is 2.32. The molecule has 0 saturated carbocycles. The highest BCUT2D eigenvalue weighted by molar-refractivity contribution is 5.64. The van der Waals surface area contributed by atoms with Crippen LogP contribution in [-0.2, 0) is 0 Å². The summed E-state index contributed by atoms with van der Waals surface area (Å²) in [5.74, 6) is 1.31. The molecule has 0 aromatic carbocycles. The van der Waals surface area contributed by atoms with Gasteiger partial charge >= 0.3 is 0 Å². The first-order valence-electron chi connectivity index (χ1n) is 5.74. The van der Waals surface area contributed by atoms with Crippen LogP contribution in [0.2, 0.25) is 0 Å². The largest absolute Gasteiger partial charge is 0.396 e. The molecule has 88 valence electrons. The van der Waals surface area contributed by atoms with Crippen molar-refractivity contribution >= 4 is 11.5 Å². The molecule has 0 bridgehead atoms. The number of hydrogen-bond donors (Lipinski definition) is 2. The number of nitrogen functional groups attached to an aromatic ring is 1. The van der Waals surface area contributed by atoms with Crippen LogP contribution in [0.25, 0.3) is 0 Å². The maximum atomic E-state index is 9.42. The summed E-state index contributed by atoms with van der Waals surface area (Å²) >= 11 is 0. The van der Waals surface area contributed by atoms with Crippen molar-refractivity contribution in [3.8, 4) is 0 Å². The smallest absolute Gasteiger partial charge is 0.152 e. The number of aliphatic hydroxyl groups excluding tert-OH is 1. The Morgan fingerprint density at radius 2 is 2.31 bits per heavy atom. The van der Waals surface area contributed by atoms with Crippen molar-refractivity contribution in [3.63, 3.8) is 0 Å². The first-order valence-corrected chi connectivity index (χ1v) is 5.74. The molecule has 2 heterocycles. The zero-order chi connectivity index (χ0) is 11.7. The van der Waals surface area contributed by atoms with Gasteiger partial charge < -0.3 is 15.7 Å². The molecule has 1 fully saturated rings. The second-order valence-electron chi connectivity index (χ2n) is 4.57. The van der Waals surface area contributed by atoms with Gasteiger partial charge in [0.2, 0.25) is 0 Å². The molecule has 0 amide bonds. The van der Waals surface area contributed by atoms with Crippen molar-refractivity contribution in [2.75, 3.05) is 23.8 Å². The zero-order valence-corrected chi connectivity index (χ0v) is 9.85. The van der Waals surface area contributed by atoms with Crippen LogP contribution in [0, 0.1) is 12.8 Å². The molecule has 2 unspecified atom stereocenters. The summed E-state index contributed by atoms with van der Waals surface area (Å²) in [4.78, 5) is 6.61. The van der Waals surface area contributed by atoms with E-state index in [1.165, 1.54) is 0 Å². The van der Waals surface area contributed by atoms with E-state index in [2.05, 4.69) is 16.8 Å². The van der Waals surface area contributed by atoms with E-state index in [0.717, 1.165) is 24.5 Å². The summed E-state index contributed by atoms with van der Waals surface area (Å²) in [5.41, 5.74) is 7.60. The fourth-order valence-electron chi connectivity index (χ4n) is 2.33. The molecule has 16 heavy (non-hydrogen) atoms. The minimum Gasteiger partial charge on any atom is -0.396 e. The number of nitrogens with two attached hydrogens (primary N) is 1. The third-order valence-corrected chi connectivity index (χ3v) is 3.39. The minimum absolute atomic E-state index is 0.150. The van der Waals surface area contributed by atoms with Gasteiger partial charge in [0.25, 0.3) is 0 Å². The lowest BCUT2D eigenvalue weighted by molar-refractivity contribution is 0.244. The number of pyridine rings is 1. The van der Waals surface area contributed by atoms with Gasteiger partial charge in [-0.05, 0) is 31.4 Å². The molecule has 1 saturated heterocycles. The van der Waals surface area contributed by atoms with E-state index in [1.54, 1.807) is 0 Å². The van der Waals surface area contributed by atoms with Crippen molar-refractivity contribution in [1.29, 1.82) is 0 Å². The number of rotatable bonds is 2. The highest BCUT2D eigenvalue weighted by Crippen LogP contribution is 2.31. The van der Waals surface area contributed by atoms with E-state index in [0.29, 0.717) is 11.6 Å². The Hall–Kier alpha value is -1.29. The van der Waals surface area contributed by atoms with Crippen molar-refractivity contribution in [3.05, 3.63) is 17.8 Å². The Bertz CT molecular complexity index is 381. The van der Waals surface area contributed by atoms with Gasteiger partial charge in [-0.15, -0.1) is 0 Å². The molecule has 1 aliphatic rings. The van der Waals surface area contributed by atoms with E-state index in [-0.39, 0.29) is 12.6 Å². The summed E-state index contributed by atoms with van der Waals surface area (Å²) in [6, 6.07) is 3.94. The molecule has 4 heteroatoms. The Kier molecular flexibility index (Phi) is 3.01. The van der Waals surface area contributed by atoms with Gasteiger partial charge in [0.05, 0.1) is 18.3 Å². The van der Waals surface area contributed by atoms with Crippen LogP contribution < -0.4 is 10.6 Å². The first-order chi connectivity index (χ1) is 7.63. The van der Waals surface area contributed by atoms with Crippen molar-refractivity contribution in [2.24, 2.45) is 5.92 Å². The average Bonchev–Trinajstić information content (AvgIpc) is 2.63. The Labute approximate surface area is 96.1 Å². The standard InChI is InChI=1S/C12H19N3O/c1-8-5-6-15(11(8)7-16)12-10(13)4-3-9(2)14-12/h3-4,8,11,16H,5-7,13H2,1-2H3. The van der Waals surface area contributed by atoms with Crippen LogP contribution in [0.1, 0.15) is 19.0 Å². The summed E-state index contributed by atoms with van der Waals surface area (Å²) < 4.78 is 0. The van der Waals surface area contributed by atoms with E-state index in [4.69, 9.17) is 5.73 Å². The summed E-state index contributed by atoms with van der Waals surface area (Å²) in [6.45, 7) is 5.20. The van der Waals surface area contributed by atoms with Crippen molar-refractivity contribution < 1.29 is 5.11 Å². The molecule has 0 radical (unpaired) electrons. The summed E-state index contributed by atoms with van der Waals surface area (Å²) in [7, 11) is 0. The monoisotopic (exact) mass is 221 g/mol. The molecular formula is C12H19N3O. The van der Waals surface area contributed by atoms with Crippen molar-refractivity contribution in [2.45, 2.75) is 26.3 Å². The fourth-order valence-corrected chi connectivity index (χ4v) is 2.33. The van der Waals surface area contributed by atoms with Gasteiger partial charge in [0.1, 0.15) is 0 Å². The molecule has 1 aromatic rings. The van der Waals surface area contributed by atoms with Gasteiger partial charge in [-0.2, -0.15) is 0 Å². The predicted molar refractivity (Wildman–Crippen MR) is 65.4 cm³/mol. The predicted octanol–water partition coefficient (Wildman–Crippen LogP) is 1.18. The average molecular weight is 221 g/mol. The molecule has 2 atom stereocenters. The van der Waals surface area contributed by atoms with E-state index in [9.17, 15) is 5.11 Å². The SMILES string of the molecule is Cc1ccc(N)c(N2CCC(C)C2CO)n1. The molecule has 3 N–H and O–H groups in total. The molecule has 1 aliphatic heterocycles. The van der Waals surface area contributed by atoms with E-state index in [1.807, 2.05) is 19.1 Å². The third-order valence-electron chi connectivity index (χ3n) is 3.39. The number of aryl methyl sites for hydroxylation is 1. The van der Waals surface area contributed by atoms with Gasteiger partial charge in [-0.25, -0.2) is 4.98 Å². The van der Waals surface area contributed by atoms with Gasteiger partial charge in [0.15, 0.2) is 5.82 Å².